The molecule has 4 nitrogen and oxygen atoms in total. The molecule has 0 saturated carbocycles. The smallest absolute Gasteiger partial charge is 0.239 e. The van der Waals surface area contributed by atoms with Gasteiger partial charge < -0.3 is 15.4 Å². The van der Waals surface area contributed by atoms with Crippen LogP contribution in [0.5, 0.6) is 5.75 Å². The molecule has 1 rings (SSSR count). The van der Waals surface area contributed by atoms with Crippen LogP contribution < -0.4 is 10.5 Å². The van der Waals surface area contributed by atoms with Crippen molar-refractivity contribution in [2.45, 2.75) is 26.3 Å². The van der Waals surface area contributed by atoms with E-state index < -0.39 is 6.04 Å². The number of benzene rings is 1. The summed E-state index contributed by atoms with van der Waals surface area (Å²) in [5.41, 5.74) is 6.99. The van der Waals surface area contributed by atoms with E-state index in [2.05, 4.69) is 0 Å². The fourth-order valence-electron chi connectivity index (χ4n) is 1.87. The molecule has 1 aromatic carbocycles. The van der Waals surface area contributed by atoms with Gasteiger partial charge in [-0.25, -0.2) is 0 Å². The average molecular weight is 250 g/mol. The molecular weight excluding hydrogens is 228 g/mol. The summed E-state index contributed by atoms with van der Waals surface area (Å²) in [6.45, 7) is 5.32. The number of ether oxygens (including phenoxy) is 1. The van der Waals surface area contributed by atoms with E-state index in [1.54, 1.807) is 12.0 Å². The SMILES string of the molecule is CCN(CC)C(=O)C(N)Cc1ccc(OC)cc1. The van der Waals surface area contributed by atoms with Crippen LogP contribution in [0.3, 0.4) is 0 Å². The molecule has 0 bridgehead atoms. The van der Waals surface area contributed by atoms with Gasteiger partial charge in [0.05, 0.1) is 13.2 Å². The molecular formula is C14H22N2O2. The molecule has 2 N–H and O–H groups in total. The molecule has 0 saturated heterocycles. The van der Waals surface area contributed by atoms with Gasteiger partial charge in [0.1, 0.15) is 5.75 Å². The van der Waals surface area contributed by atoms with Gasteiger partial charge in [0, 0.05) is 13.1 Å². The van der Waals surface area contributed by atoms with Crippen molar-refractivity contribution in [1.29, 1.82) is 0 Å². The molecule has 18 heavy (non-hydrogen) atoms. The van der Waals surface area contributed by atoms with E-state index in [0.717, 1.165) is 11.3 Å². The standard InChI is InChI=1S/C14H22N2O2/c1-4-16(5-2)14(17)13(15)10-11-6-8-12(18-3)9-7-11/h6-9,13H,4-5,10,15H2,1-3H3. The summed E-state index contributed by atoms with van der Waals surface area (Å²) in [5, 5.41) is 0. The quantitative estimate of drug-likeness (QED) is 0.831. The summed E-state index contributed by atoms with van der Waals surface area (Å²) in [4.78, 5) is 13.8. The molecule has 0 aliphatic carbocycles. The zero-order chi connectivity index (χ0) is 13.5. The molecule has 0 aliphatic heterocycles. The highest BCUT2D eigenvalue weighted by Crippen LogP contribution is 2.12. The van der Waals surface area contributed by atoms with Crippen LogP contribution >= 0.6 is 0 Å². The number of amides is 1. The van der Waals surface area contributed by atoms with E-state index in [0.29, 0.717) is 19.5 Å². The minimum atomic E-state index is -0.474. The van der Waals surface area contributed by atoms with Gasteiger partial charge in [0.15, 0.2) is 0 Å². The Morgan fingerprint density at radius 1 is 1.28 bits per heavy atom. The highest BCUT2D eigenvalue weighted by molar-refractivity contribution is 5.81. The molecule has 0 heterocycles. The van der Waals surface area contributed by atoms with Gasteiger partial charge in [-0.15, -0.1) is 0 Å². The first-order valence-corrected chi connectivity index (χ1v) is 6.29. The maximum atomic E-state index is 12.0. The Balaban J connectivity index is 2.62. The number of hydrogen-bond donors (Lipinski definition) is 1. The van der Waals surface area contributed by atoms with Crippen molar-refractivity contribution in [3.8, 4) is 5.75 Å². The van der Waals surface area contributed by atoms with E-state index in [1.807, 2.05) is 38.1 Å². The number of likely N-dealkylation sites (N-methyl/N-ethyl adjacent to an activating group) is 1. The van der Waals surface area contributed by atoms with Crippen molar-refractivity contribution in [2.24, 2.45) is 5.73 Å². The second-order valence-corrected chi connectivity index (χ2v) is 4.17. The fourth-order valence-corrected chi connectivity index (χ4v) is 1.87. The summed E-state index contributed by atoms with van der Waals surface area (Å²) in [7, 11) is 1.63. The van der Waals surface area contributed by atoms with Crippen molar-refractivity contribution in [1.82, 2.24) is 4.90 Å². The number of carbonyl (C=O) groups excluding carboxylic acids is 1. The minimum absolute atomic E-state index is 0.0100. The van der Waals surface area contributed by atoms with Crippen LogP contribution in [0.2, 0.25) is 0 Å². The Morgan fingerprint density at radius 2 is 1.83 bits per heavy atom. The van der Waals surface area contributed by atoms with Gasteiger partial charge in [-0.05, 0) is 38.0 Å². The van der Waals surface area contributed by atoms with E-state index in [-0.39, 0.29) is 5.91 Å². The minimum Gasteiger partial charge on any atom is -0.497 e. The summed E-state index contributed by atoms with van der Waals surface area (Å²) in [5.74, 6) is 0.818. The molecule has 0 aromatic heterocycles. The lowest BCUT2D eigenvalue weighted by Crippen LogP contribution is -2.44. The van der Waals surface area contributed by atoms with Crippen LogP contribution in [-0.2, 0) is 11.2 Å². The third-order valence-corrected chi connectivity index (χ3v) is 3.01. The molecule has 100 valence electrons. The predicted molar refractivity (Wildman–Crippen MR) is 72.6 cm³/mol. The highest BCUT2D eigenvalue weighted by atomic mass is 16.5. The fraction of sp³-hybridized carbons (Fsp3) is 0.500. The Labute approximate surface area is 109 Å². The van der Waals surface area contributed by atoms with Crippen LogP contribution in [0.25, 0.3) is 0 Å². The first kappa shape index (κ1) is 14.5. The lowest BCUT2D eigenvalue weighted by Gasteiger charge is -2.22. The van der Waals surface area contributed by atoms with E-state index in [1.165, 1.54) is 0 Å². The van der Waals surface area contributed by atoms with Crippen LogP contribution in [0.4, 0.5) is 0 Å². The first-order chi connectivity index (χ1) is 8.62. The van der Waals surface area contributed by atoms with Crippen molar-refractivity contribution in [2.75, 3.05) is 20.2 Å². The Bertz CT molecular complexity index is 372. The summed E-state index contributed by atoms with van der Waals surface area (Å²) in [6, 6.07) is 7.16. The van der Waals surface area contributed by atoms with Crippen molar-refractivity contribution >= 4 is 5.91 Å². The number of carbonyl (C=O) groups is 1. The van der Waals surface area contributed by atoms with Gasteiger partial charge in [0.25, 0.3) is 0 Å². The molecule has 1 aromatic rings. The van der Waals surface area contributed by atoms with Crippen molar-refractivity contribution in [3.63, 3.8) is 0 Å². The van der Waals surface area contributed by atoms with E-state index in [4.69, 9.17) is 10.5 Å². The molecule has 0 aliphatic rings. The molecule has 1 unspecified atom stereocenters. The van der Waals surface area contributed by atoms with Crippen LogP contribution in [0, 0.1) is 0 Å². The van der Waals surface area contributed by atoms with Gasteiger partial charge in [-0.2, -0.15) is 0 Å². The zero-order valence-corrected chi connectivity index (χ0v) is 11.3. The number of hydrogen-bond acceptors (Lipinski definition) is 3. The van der Waals surface area contributed by atoms with Crippen LogP contribution in [-0.4, -0.2) is 37.0 Å². The van der Waals surface area contributed by atoms with Crippen LogP contribution in [0.1, 0.15) is 19.4 Å². The monoisotopic (exact) mass is 250 g/mol. The maximum Gasteiger partial charge on any atom is 0.239 e. The largest absolute Gasteiger partial charge is 0.497 e. The zero-order valence-electron chi connectivity index (χ0n) is 11.3. The van der Waals surface area contributed by atoms with Gasteiger partial charge in [0.2, 0.25) is 5.91 Å². The third-order valence-electron chi connectivity index (χ3n) is 3.01. The molecule has 0 fully saturated rings. The molecule has 0 radical (unpaired) electrons. The topological polar surface area (TPSA) is 55.6 Å². The van der Waals surface area contributed by atoms with Gasteiger partial charge in [-0.3, -0.25) is 4.79 Å². The average Bonchev–Trinajstić information content (AvgIpc) is 2.40. The maximum absolute atomic E-state index is 12.0. The molecule has 1 amide bonds. The molecule has 0 spiro atoms. The van der Waals surface area contributed by atoms with Gasteiger partial charge in [-0.1, -0.05) is 12.1 Å². The first-order valence-electron chi connectivity index (χ1n) is 6.29. The van der Waals surface area contributed by atoms with E-state index >= 15 is 0 Å². The lowest BCUT2D eigenvalue weighted by atomic mass is 10.1. The van der Waals surface area contributed by atoms with Crippen LogP contribution in [0.15, 0.2) is 24.3 Å². The van der Waals surface area contributed by atoms with Gasteiger partial charge >= 0.3 is 0 Å². The predicted octanol–water partition coefficient (Wildman–Crippen LogP) is 1.43. The summed E-state index contributed by atoms with van der Waals surface area (Å²) >= 11 is 0. The summed E-state index contributed by atoms with van der Waals surface area (Å²) in [6.07, 6.45) is 0.555. The number of methoxy groups -OCH3 is 1. The second-order valence-electron chi connectivity index (χ2n) is 4.17. The Kier molecular flexibility index (Phi) is 5.65. The Morgan fingerprint density at radius 3 is 2.28 bits per heavy atom. The second kappa shape index (κ2) is 7.01. The van der Waals surface area contributed by atoms with E-state index in [9.17, 15) is 4.79 Å². The Hall–Kier alpha value is -1.55. The molecule has 1 atom stereocenters. The third kappa shape index (κ3) is 3.74. The number of nitrogens with two attached hydrogens (primary N) is 1. The summed E-state index contributed by atoms with van der Waals surface area (Å²) < 4.78 is 5.09. The van der Waals surface area contributed by atoms with Crippen molar-refractivity contribution in [3.05, 3.63) is 29.8 Å². The lowest BCUT2D eigenvalue weighted by molar-refractivity contribution is -0.132. The number of rotatable bonds is 6. The highest BCUT2D eigenvalue weighted by Gasteiger charge is 2.18. The van der Waals surface area contributed by atoms with Crippen molar-refractivity contribution < 1.29 is 9.53 Å². The molecule has 4 heteroatoms. The number of nitrogens with zero attached hydrogens (tertiary/aromatic N) is 1. The normalized spacial score (nSPS) is 12.0.